The predicted molar refractivity (Wildman–Crippen MR) is 87.8 cm³/mol. The third-order valence-electron chi connectivity index (χ3n) is 2.71. The van der Waals surface area contributed by atoms with Crippen LogP contribution in [-0.2, 0) is 0 Å². The van der Waals surface area contributed by atoms with Gasteiger partial charge in [0, 0.05) is 5.56 Å². The molecule has 0 radical (unpaired) electrons. The van der Waals surface area contributed by atoms with Gasteiger partial charge < -0.3 is 10.6 Å². The van der Waals surface area contributed by atoms with Crippen molar-refractivity contribution in [2.45, 2.75) is 6.17 Å². The number of nitrogens with one attached hydrogen (secondary N) is 2. The molecule has 0 unspecified atom stereocenters. The number of hydrogen-bond donors (Lipinski definition) is 3. The Morgan fingerprint density at radius 1 is 0.950 bits per heavy atom. The van der Waals surface area contributed by atoms with Crippen LogP contribution in [0.15, 0.2) is 60.7 Å². The summed E-state index contributed by atoms with van der Waals surface area (Å²) >= 11 is 9.01. The molecule has 2 N–H and O–H groups in total. The average Bonchev–Trinajstić information content (AvgIpc) is 2.48. The molecule has 1 amide bonds. The summed E-state index contributed by atoms with van der Waals surface area (Å²) in [5, 5.41) is 5.86. The fourth-order valence-corrected chi connectivity index (χ4v) is 2.02. The minimum Gasteiger partial charge on any atom is -0.347 e. The molecule has 2 aromatic rings. The standard InChI is InChI=1S/C15H14N2OS2/c18-14(12-9-5-2-6-10-12)16-13(17-15(19)20)11-7-3-1-4-8-11/h1-10,13H,(H,16,18)(H2,17,19,20)/t13-/m0/s1. The van der Waals surface area contributed by atoms with E-state index in [2.05, 4.69) is 23.3 Å². The van der Waals surface area contributed by atoms with Crippen molar-refractivity contribution in [2.24, 2.45) is 0 Å². The minimum absolute atomic E-state index is 0.170. The second kappa shape index (κ2) is 7.07. The van der Waals surface area contributed by atoms with E-state index in [-0.39, 0.29) is 5.91 Å². The highest BCUT2D eigenvalue weighted by Crippen LogP contribution is 2.11. The number of thiocarbonyl (C=S) groups is 1. The topological polar surface area (TPSA) is 41.1 Å². The van der Waals surface area contributed by atoms with Crippen LogP contribution in [0.25, 0.3) is 0 Å². The summed E-state index contributed by atoms with van der Waals surface area (Å²) in [6.07, 6.45) is -0.408. The van der Waals surface area contributed by atoms with E-state index in [1.54, 1.807) is 12.1 Å². The molecular formula is C15H14N2OS2. The highest BCUT2D eigenvalue weighted by Gasteiger charge is 2.15. The van der Waals surface area contributed by atoms with Gasteiger partial charge in [-0.1, -0.05) is 60.7 Å². The summed E-state index contributed by atoms with van der Waals surface area (Å²) in [5.74, 6) is -0.170. The minimum atomic E-state index is -0.408. The molecule has 102 valence electrons. The molecule has 0 aliphatic carbocycles. The molecule has 5 heteroatoms. The molecule has 0 heterocycles. The van der Waals surface area contributed by atoms with Gasteiger partial charge in [-0.3, -0.25) is 4.79 Å². The molecule has 2 aromatic carbocycles. The summed E-state index contributed by atoms with van der Waals surface area (Å²) in [6, 6.07) is 18.6. The van der Waals surface area contributed by atoms with Gasteiger partial charge >= 0.3 is 0 Å². The van der Waals surface area contributed by atoms with Crippen LogP contribution in [0, 0.1) is 0 Å². The smallest absolute Gasteiger partial charge is 0.253 e. The molecular weight excluding hydrogens is 288 g/mol. The quantitative estimate of drug-likeness (QED) is 0.462. The Kier molecular flexibility index (Phi) is 5.15. The van der Waals surface area contributed by atoms with Gasteiger partial charge in [0.1, 0.15) is 10.5 Å². The van der Waals surface area contributed by atoms with Crippen molar-refractivity contribution in [2.75, 3.05) is 0 Å². The van der Waals surface area contributed by atoms with E-state index < -0.39 is 6.17 Å². The van der Waals surface area contributed by atoms with Gasteiger partial charge in [0.2, 0.25) is 0 Å². The lowest BCUT2D eigenvalue weighted by Gasteiger charge is -2.20. The van der Waals surface area contributed by atoms with Gasteiger partial charge in [0.15, 0.2) is 0 Å². The summed E-state index contributed by atoms with van der Waals surface area (Å²) in [5.41, 5.74) is 1.51. The van der Waals surface area contributed by atoms with Crippen LogP contribution in [0.1, 0.15) is 22.1 Å². The summed E-state index contributed by atoms with van der Waals surface area (Å²) in [7, 11) is 0. The Morgan fingerprint density at radius 3 is 2.05 bits per heavy atom. The Morgan fingerprint density at radius 2 is 1.50 bits per heavy atom. The van der Waals surface area contributed by atoms with Gasteiger partial charge in [0.25, 0.3) is 5.91 Å². The molecule has 3 nitrogen and oxygen atoms in total. The zero-order chi connectivity index (χ0) is 14.4. The zero-order valence-electron chi connectivity index (χ0n) is 10.6. The number of benzene rings is 2. The number of hydrogen-bond acceptors (Lipinski definition) is 2. The highest BCUT2D eigenvalue weighted by atomic mass is 32.1. The maximum absolute atomic E-state index is 12.2. The lowest BCUT2D eigenvalue weighted by atomic mass is 10.1. The third kappa shape index (κ3) is 4.08. The predicted octanol–water partition coefficient (Wildman–Crippen LogP) is 2.92. The van der Waals surface area contributed by atoms with Crippen LogP contribution in [0.3, 0.4) is 0 Å². The molecule has 0 aliphatic heterocycles. The molecule has 0 saturated heterocycles. The Labute approximate surface area is 128 Å². The Balaban J connectivity index is 2.16. The van der Waals surface area contributed by atoms with Gasteiger partial charge in [-0.2, -0.15) is 0 Å². The number of carbonyl (C=O) groups excluding carboxylic acids is 1. The van der Waals surface area contributed by atoms with E-state index in [0.29, 0.717) is 9.88 Å². The molecule has 0 fully saturated rings. The van der Waals surface area contributed by atoms with E-state index in [9.17, 15) is 4.79 Å². The van der Waals surface area contributed by atoms with Crippen molar-refractivity contribution >= 4 is 35.1 Å². The van der Waals surface area contributed by atoms with E-state index >= 15 is 0 Å². The lowest BCUT2D eigenvalue weighted by Crippen LogP contribution is -2.39. The van der Waals surface area contributed by atoms with E-state index in [0.717, 1.165) is 5.56 Å². The maximum atomic E-state index is 12.2. The number of amides is 1. The van der Waals surface area contributed by atoms with Gasteiger partial charge in [0.05, 0.1) is 0 Å². The van der Waals surface area contributed by atoms with Crippen LogP contribution < -0.4 is 10.6 Å². The summed E-state index contributed by atoms with van der Waals surface area (Å²) < 4.78 is 0.326. The van der Waals surface area contributed by atoms with E-state index in [1.165, 1.54) is 0 Å². The molecule has 0 aromatic heterocycles. The number of rotatable bonds is 4. The third-order valence-corrected chi connectivity index (χ3v) is 2.96. The van der Waals surface area contributed by atoms with Gasteiger partial charge in [-0.25, -0.2) is 0 Å². The summed E-state index contributed by atoms with van der Waals surface area (Å²) in [4.78, 5) is 12.2. The van der Waals surface area contributed by atoms with Crippen LogP contribution >= 0.6 is 24.8 Å². The molecule has 1 atom stereocenters. The monoisotopic (exact) mass is 302 g/mol. The largest absolute Gasteiger partial charge is 0.347 e. The first-order chi connectivity index (χ1) is 9.66. The number of carbonyl (C=O) groups is 1. The van der Waals surface area contributed by atoms with E-state index in [1.807, 2.05) is 48.5 Å². The zero-order valence-corrected chi connectivity index (χ0v) is 12.3. The molecule has 20 heavy (non-hydrogen) atoms. The van der Waals surface area contributed by atoms with Crippen LogP contribution in [0.2, 0.25) is 0 Å². The van der Waals surface area contributed by atoms with E-state index in [4.69, 9.17) is 12.2 Å². The van der Waals surface area contributed by atoms with Crippen LogP contribution in [0.4, 0.5) is 0 Å². The molecule has 0 spiro atoms. The number of thiol groups is 1. The van der Waals surface area contributed by atoms with Crippen LogP contribution in [0.5, 0.6) is 0 Å². The molecule has 2 rings (SSSR count). The summed E-state index contributed by atoms with van der Waals surface area (Å²) in [6.45, 7) is 0. The average molecular weight is 302 g/mol. The first-order valence-electron chi connectivity index (χ1n) is 6.07. The van der Waals surface area contributed by atoms with Crippen molar-refractivity contribution in [3.05, 3.63) is 71.8 Å². The highest BCUT2D eigenvalue weighted by molar-refractivity contribution is 8.11. The van der Waals surface area contributed by atoms with Crippen molar-refractivity contribution < 1.29 is 4.79 Å². The van der Waals surface area contributed by atoms with Crippen molar-refractivity contribution in [1.29, 1.82) is 0 Å². The molecule has 0 bridgehead atoms. The fourth-order valence-electron chi connectivity index (χ4n) is 1.78. The second-order valence-electron chi connectivity index (χ2n) is 4.13. The van der Waals surface area contributed by atoms with Crippen molar-refractivity contribution in [1.82, 2.24) is 10.6 Å². The normalized spacial score (nSPS) is 11.4. The SMILES string of the molecule is O=C(N[C@@H](NC(=S)S)c1ccccc1)c1ccccc1. The van der Waals surface area contributed by atoms with Gasteiger partial charge in [-0.05, 0) is 17.7 Å². The fraction of sp³-hybridized carbons (Fsp3) is 0.0667. The maximum Gasteiger partial charge on any atom is 0.253 e. The second-order valence-corrected chi connectivity index (χ2v) is 5.29. The first-order valence-corrected chi connectivity index (χ1v) is 6.92. The van der Waals surface area contributed by atoms with Crippen molar-refractivity contribution in [3.8, 4) is 0 Å². The van der Waals surface area contributed by atoms with Crippen molar-refractivity contribution in [3.63, 3.8) is 0 Å². The molecule has 0 saturated carbocycles. The van der Waals surface area contributed by atoms with Gasteiger partial charge in [-0.15, -0.1) is 12.6 Å². The van der Waals surface area contributed by atoms with Crippen LogP contribution in [-0.4, -0.2) is 10.2 Å². The lowest BCUT2D eigenvalue weighted by molar-refractivity contribution is 0.0934. The first kappa shape index (κ1) is 14.6. The molecule has 0 aliphatic rings. The Hall–Kier alpha value is -1.85. The Bertz CT molecular complexity index is 587.